The van der Waals surface area contributed by atoms with Gasteiger partial charge in [0.25, 0.3) is 0 Å². The van der Waals surface area contributed by atoms with E-state index in [-0.39, 0.29) is 11.9 Å². The number of halogens is 3. The Bertz CT molecular complexity index is 293. The number of hydrogen-bond acceptors (Lipinski definition) is 2. The molecule has 0 atom stereocenters. The first-order valence-corrected chi connectivity index (χ1v) is 4.13. The van der Waals surface area contributed by atoms with E-state index in [1.54, 1.807) is 6.20 Å². The fourth-order valence-corrected chi connectivity index (χ4v) is 0.841. The number of alkyl halides is 3. The standard InChI is InChI=1S/C8H11F3N2O/c1-6(2)13-4-3-7(12-13)14-5-8(9,10)11/h3-4,6H,5H2,1-2H3. The number of rotatable bonds is 3. The fourth-order valence-electron chi connectivity index (χ4n) is 0.841. The SMILES string of the molecule is CC(C)n1ccc(OCC(F)(F)F)n1. The number of nitrogens with zero attached hydrogens (tertiary/aromatic N) is 2. The molecule has 0 amide bonds. The van der Waals surface area contributed by atoms with E-state index < -0.39 is 12.8 Å². The Hall–Kier alpha value is -1.20. The number of hydrogen-bond donors (Lipinski definition) is 0. The van der Waals surface area contributed by atoms with Crippen LogP contribution in [0.25, 0.3) is 0 Å². The lowest BCUT2D eigenvalue weighted by Gasteiger charge is -2.06. The molecule has 1 heterocycles. The van der Waals surface area contributed by atoms with Crippen LogP contribution in [0.15, 0.2) is 12.3 Å². The monoisotopic (exact) mass is 208 g/mol. The lowest BCUT2D eigenvalue weighted by molar-refractivity contribution is -0.154. The van der Waals surface area contributed by atoms with Gasteiger partial charge in [-0.15, -0.1) is 5.10 Å². The van der Waals surface area contributed by atoms with Crippen LogP contribution in [0.1, 0.15) is 19.9 Å². The van der Waals surface area contributed by atoms with Crippen molar-refractivity contribution in [2.24, 2.45) is 0 Å². The van der Waals surface area contributed by atoms with Crippen LogP contribution in [0.4, 0.5) is 13.2 Å². The zero-order valence-electron chi connectivity index (χ0n) is 7.88. The maximum Gasteiger partial charge on any atom is 0.422 e. The maximum absolute atomic E-state index is 11.7. The normalized spacial score (nSPS) is 12.1. The summed E-state index contributed by atoms with van der Waals surface area (Å²) in [6.45, 7) is 2.45. The summed E-state index contributed by atoms with van der Waals surface area (Å²) in [6.07, 6.45) is -2.74. The first kappa shape index (κ1) is 10.9. The summed E-state index contributed by atoms with van der Waals surface area (Å²) in [5.41, 5.74) is 0. The van der Waals surface area contributed by atoms with Gasteiger partial charge in [-0.3, -0.25) is 4.68 Å². The molecule has 0 aliphatic rings. The highest BCUT2D eigenvalue weighted by atomic mass is 19.4. The van der Waals surface area contributed by atoms with Crippen LogP contribution in [0.5, 0.6) is 5.88 Å². The van der Waals surface area contributed by atoms with Gasteiger partial charge in [0.15, 0.2) is 6.61 Å². The van der Waals surface area contributed by atoms with Crippen molar-refractivity contribution in [3.63, 3.8) is 0 Å². The second-order valence-electron chi connectivity index (χ2n) is 3.13. The van der Waals surface area contributed by atoms with Crippen molar-refractivity contribution < 1.29 is 17.9 Å². The van der Waals surface area contributed by atoms with Gasteiger partial charge in [-0.25, -0.2) is 0 Å². The van der Waals surface area contributed by atoms with Crippen LogP contribution in [-0.4, -0.2) is 22.6 Å². The Kier molecular flexibility index (Phi) is 3.03. The van der Waals surface area contributed by atoms with E-state index in [0.29, 0.717) is 0 Å². The summed E-state index contributed by atoms with van der Waals surface area (Å²) in [5, 5.41) is 3.81. The molecule has 0 saturated heterocycles. The third-order valence-electron chi connectivity index (χ3n) is 1.50. The molecule has 0 aliphatic carbocycles. The second-order valence-corrected chi connectivity index (χ2v) is 3.13. The summed E-state index contributed by atoms with van der Waals surface area (Å²) >= 11 is 0. The average Bonchev–Trinajstić information content (AvgIpc) is 2.47. The molecule has 1 aromatic rings. The molecule has 0 N–H and O–H groups in total. The van der Waals surface area contributed by atoms with Crippen LogP contribution in [-0.2, 0) is 0 Å². The van der Waals surface area contributed by atoms with Gasteiger partial charge in [-0.05, 0) is 13.8 Å². The van der Waals surface area contributed by atoms with Gasteiger partial charge < -0.3 is 4.74 Å². The topological polar surface area (TPSA) is 27.1 Å². The lowest BCUT2D eigenvalue weighted by Crippen LogP contribution is -2.19. The van der Waals surface area contributed by atoms with Crippen LogP contribution in [0.2, 0.25) is 0 Å². The minimum atomic E-state index is -4.32. The smallest absolute Gasteiger partial charge is 0.422 e. The fraction of sp³-hybridized carbons (Fsp3) is 0.625. The van der Waals surface area contributed by atoms with Crippen molar-refractivity contribution in [3.8, 4) is 5.88 Å². The highest BCUT2D eigenvalue weighted by Gasteiger charge is 2.28. The van der Waals surface area contributed by atoms with Crippen molar-refractivity contribution >= 4 is 0 Å². The third kappa shape index (κ3) is 3.27. The van der Waals surface area contributed by atoms with E-state index in [0.717, 1.165) is 0 Å². The molecule has 0 bridgehead atoms. The average molecular weight is 208 g/mol. The van der Waals surface area contributed by atoms with Gasteiger partial charge >= 0.3 is 6.18 Å². The highest BCUT2D eigenvalue weighted by Crippen LogP contribution is 2.17. The summed E-state index contributed by atoms with van der Waals surface area (Å²) in [6, 6.07) is 1.52. The zero-order valence-corrected chi connectivity index (χ0v) is 7.88. The molecule has 3 nitrogen and oxygen atoms in total. The zero-order chi connectivity index (χ0) is 10.8. The Morgan fingerprint density at radius 2 is 2.14 bits per heavy atom. The van der Waals surface area contributed by atoms with Crippen LogP contribution in [0, 0.1) is 0 Å². The molecule has 1 rings (SSSR count). The van der Waals surface area contributed by atoms with E-state index in [1.165, 1.54) is 10.7 Å². The summed E-state index contributed by atoms with van der Waals surface area (Å²) in [7, 11) is 0. The Morgan fingerprint density at radius 1 is 1.50 bits per heavy atom. The van der Waals surface area contributed by atoms with Crippen LogP contribution < -0.4 is 4.74 Å². The van der Waals surface area contributed by atoms with Gasteiger partial charge in [-0.2, -0.15) is 13.2 Å². The van der Waals surface area contributed by atoms with E-state index in [1.807, 2.05) is 13.8 Å². The first-order valence-electron chi connectivity index (χ1n) is 4.13. The molecule has 1 aromatic heterocycles. The third-order valence-corrected chi connectivity index (χ3v) is 1.50. The summed E-state index contributed by atoms with van der Waals surface area (Å²) in [5.74, 6) is -0.00368. The number of aromatic nitrogens is 2. The molecule has 0 saturated carbocycles. The quantitative estimate of drug-likeness (QED) is 0.762. The van der Waals surface area contributed by atoms with Crippen molar-refractivity contribution in [3.05, 3.63) is 12.3 Å². The van der Waals surface area contributed by atoms with Gasteiger partial charge in [-0.1, -0.05) is 0 Å². The molecule has 0 fully saturated rings. The molecule has 0 aromatic carbocycles. The molecule has 6 heteroatoms. The van der Waals surface area contributed by atoms with E-state index in [2.05, 4.69) is 9.84 Å². The van der Waals surface area contributed by atoms with E-state index >= 15 is 0 Å². The molecular weight excluding hydrogens is 197 g/mol. The molecule has 0 aliphatic heterocycles. The van der Waals surface area contributed by atoms with Gasteiger partial charge in [0.1, 0.15) is 0 Å². The van der Waals surface area contributed by atoms with Crippen molar-refractivity contribution in [2.45, 2.75) is 26.1 Å². The first-order chi connectivity index (χ1) is 6.38. The summed E-state index contributed by atoms with van der Waals surface area (Å²) < 4.78 is 41.2. The molecule has 80 valence electrons. The Labute approximate surface area is 79.5 Å². The van der Waals surface area contributed by atoms with Gasteiger partial charge in [0, 0.05) is 18.3 Å². The predicted octanol–water partition coefficient (Wildman–Crippen LogP) is 2.41. The largest absolute Gasteiger partial charge is 0.467 e. The van der Waals surface area contributed by atoms with E-state index in [4.69, 9.17) is 0 Å². The lowest BCUT2D eigenvalue weighted by atomic mass is 10.4. The van der Waals surface area contributed by atoms with Crippen molar-refractivity contribution in [1.82, 2.24) is 9.78 Å². The Balaban J connectivity index is 2.52. The molecule has 0 spiro atoms. The minimum absolute atomic E-state index is 0.00368. The van der Waals surface area contributed by atoms with E-state index in [9.17, 15) is 13.2 Å². The van der Waals surface area contributed by atoms with Gasteiger partial charge in [0.2, 0.25) is 5.88 Å². The second kappa shape index (κ2) is 3.89. The summed E-state index contributed by atoms with van der Waals surface area (Å²) in [4.78, 5) is 0. The number of ether oxygens (including phenoxy) is 1. The minimum Gasteiger partial charge on any atom is -0.467 e. The van der Waals surface area contributed by atoms with Gasteiger partial charge in [0.05, 0.1) is 0 Å². The molecule has 0 radical (unpaired) electrons. The maximum atomic E-state index is 11.7. The van der Waals surface area contributed by atoms with Crippen molar-refractivity contribution in [2.75, 3.05) is 6.61 Å². The highest BCUT2D eigenvalue weighted by molar-refractivity contribution is 5.06. The van der Waals surface area contributed by atoms with Crippen molar-refractivity contribution in [1.29, 1.82) is 0 Å². The predicted molar refractivity (Wildman–Crippen MR) is 44.2 cm³/mol. The van der Waals surface area contributed by atoms with Crippen LogP contribution >= 0.6 is 0 Å². The Morgan fingerprint density at radius 3 is 2.57 bits per heavy atom. The molecule has 0 unspecified atom stereocenters. The molecule has 14 heavy (non-hydrogen) atoms. The molecular formula is C8H11F3N2O. The van der Waals surface area contributed by atoms with Crippen LogP contribution in [0.3, 0.4) is 0 Å².